The Kier molecular flexibility index (Phi) is 5.48. The lowest BCUT2D eigenvalue weighted by molar-refractivity contribution is -0.122. The third-order valence-electron chi connectivity index (χ3n) is 4.28. The van der Waals surface area contributed by atoms with Crippen LogP contribution in [0, 0.1) is 5.82 Å². The Balaban J connectivity index is 1.35. The van der Waals surface area contributed by atoms with E-state index in [4.69, 9.17) is 4.42 Å². The first kappa shape index (κ1) is 19.6. The second-order valence-electron chi connectivity index (χ2n) is 6.25. The third kappa shape index (κ3) is 4.03. The fourth-order valence-electron chi connectivity index (χ4n) is 2.79. The number of H-pyrrole nitrogens is 1. The van der Waals surface area contributed by atoms with Gasteiger partial charge in [-0.25, -0.2) is 4.39 Å². The van der Waals surface area contributed by atoms with Crippen LogP contribution in [0.4, 0.5) is 9.18 Å². The van der Waals surface area contributed by atoms with E-state index in [2.05, 4.69) is 15.5 Å². The highest BCUT2D eigenvalue weighted by Gasteiger charge is 2.34. The Morgan fingerprint density at radius 2 is 2.10 bits per heavy atom. The van der Waals surface area contributed by atoms with Gasteiger partial charge < -0.3 is 9.73 Å². The number of aromatic amines is 1. The van der Waals surface area contributed by atoms with E-state index in [0.717, 1.165) is 16.7 Å². The Labute approximate surface area is 174 Å². The zero-order valence-electron chi connectivity index (χ0n) is 15.4. The molecule has 3 aromatic rings. The molecule has 8 nitrogen and oxygen atoms in total. The lowest BCUT2D eigenvalue weighted by Gasteiger charge is -2.12. The molecule has 0 aliphatic carbocycles. The van der Waals surface area contributed by atoms with Gasteiger partial charge in [-0.05, 0) is 36.0 Å². The normalized spacial score (nSPS) is 15.2. The summed E-state index contributed by atoms with van der Waals surface area (Å²) < 4.78 is 19.0. The van der Waals surface area contributed by atoms with Crippen LogP contribution in [0.3, 0.4) is 0 Å². The number of carbonyl (C=O) groups excluding carboxylic acids is 3. The fraction of sp³-hybridized carbons (Fsp3) is 0.100. The molecule has 0 spiro atoms. The van der Waals surface area contributed by atoms with Gasteiger partial charge in [-0.2, -0.15) is 5.10 Å². The van der Waals surface area contributed by atoms with Crippen molar-refractivity contribution in [3.05, 3.63) is 70.7 Å². The maximum absolute atomic E-state index is 13.8. The highest BCUT2D eigenvalue weighted by Crippen LogP contribution is 2.32. The number of carbonyl (C=O) groups is 3. The molecule has 0 saturated carbocycles. The third-order valence-corrected chi connectivity index (χ3v) is 5.19. The quantitative estimate of drug-likeness (QED) is 0.586. The predicted molar refractivity (Wildman–Crippen MR) is 108 cm³/mol. The van der Waals surface area contributed by atoms with Crippen LogP contribution in [0.5, 0.6) is 0 Å². The average Bonchev–Trinajstić information content (AvgIpc) is 3.47. The number of halogens is 1. The summed E-state index contributed by atoms with van der Waals surface area (Å²) in [6.45, 7) is 0.0350. The van der Waals surface area contributed by atoms with E-state index in [1.807, 2.05) is 0 Å². The van der Waals surface area contributed by atoms with Crippen molar-refractivity contribution < 1.29 is 23.2 Å². The molecule has 0 radical (unpaired) electrons. The number of aromatic nitrogens is 2. The summed E-state index contributed by atoms with van der Waals surface area (Å²) >= 11 is 0.734. The van der Waals surface area contributed by atoms with Crippen molar-refractivity contribution in [3.63, 3.8) is 0 Å². The first-order valence-electron chi connectivity index (χ1n) is 8.90. The van der Waals surface area contributed by atoms with Crippen molar-refractivity contribution in [2.45, 2.75) is 0 Å². The van der Waals surface area contributed by atoms with E-state index < -0.39 is 22.9 Å². The second-order valence-corrected chi connectivity index (χ2v) is 7.25. The molecule has 10 heteroatoms. The molecule has 1 saturated heterocycles. The van der Waals surface area contributed by atoms with Crippen molar-refractivity contribution in [1.82, 2.24) is 20.4 Å². The van der Waals surface area contributed by atoms with E-state index in [0.29, 0.717) is 11.5 Å². The number of nitrogens with one attached hydrogen (secondary N) is 2. The lowest BCUT2D eigenvalue weighted by atomic mass is 10.2. The van der Waals surface area contributed by atoms with Crippen LogP contribution in [-0.2, 0) is 4.79 Å². The van der Waals surface area contributed by atoms with Crippen molar-refractivity contribution in [1.29, 1.82) is 0 Å². The minimum atomic E-state index is -0.526. The number of thioether (sulfide) groups is 1. The van der Waals surface area contributed by atoms with E-state index in [1.54, 1.807) is 18.2 Å². The van der Waals surface area contributed by atoms with Gasteiger partial charge in [0.1, 0.15) is 11.5 Å². The summed E-state index contributed by atoms with van der Waals surface area (Å²) in [4.78, 5) is 38.0. The molecule has 152 valence electrons. The largest absolute Gasteiger partial charge is 0.463 e. The SMILES string of the molecule is O=C(NCCN1C(=O)S/C(=C\c2ccccc2F)C1=O)c1cc(-c2ccco2)[nH]n1. The minimum Gasteiger partial charge on any atom is -0.463 e. The second kappa shape index (κ2) is 8.37. The van der Waals surface area contributed by atoms with Gasteiger partial charge in [0.25, 0.3) is 17.1 Å². The number of benzene rings is 1. The Morgan fingerprint density at radius 3 is 2.87 bits per heavy atom. The van der Waals surface area contributed by atoms with Crippen LogP contribution in [0.2, 0.25) is 0 Å². The molecular formula is C20H15FN4O4S. The topological polar surface area (TPSA) is 108 Å². The van der Waals surface area contributed by atoms with E-state index in [-0.39, 0.29) is 29.3 Å². The smallest absolute Gasteiger partial charge is 0.293 e. The Hall–Kier alpha value is -3.66. The first-order chi connectivity index (χ1) is 14.5. The summed E-state index contributed by atoms with van der Waals surface area (Å²) in [5.41, 5.74) is 0.923. The molecule has 2 aromatic heterocycles. The van der Waals surface area contributed by atoms with Crippen LogP contribution in [0.25, 0.3) is 17.5 Å². The zero-order valence-corrected chi connectivity index (χ0v) is 16.2. The van der Waals surface area contributed by atoms with E-state index in [9.17, 15) is 18.8 Å². The lowest BCUT2D eigenvalue weighted by Crippen LogP contribution is -2.37. The van der Waals surface area contributed by atoms with Gasteiger partial charge in [-0.15, -0.1) is 0 Å². The minimum absolute atomic E-state index is 0.0134. The number of rotatable bonds is 6. The molecule has 3 amide bonds. The van der Waals surface area contributed by atoms with Gasteiger partial charge in [0.2, 0.25) is 0 Å². The number of hydrogen-bond donors (Lipinski definition) is 2. The molecule has 30 heavy (non-hydrogen) atoms. The van der Waals surface area contributed by atoms with Crippen LogP contribution in [0.1, 0.15) is 16.1 Å². The van der Waals surface area contributed by atoms with Crippen LogP contribution in [-0.4, -0.2) is 45.2 Å². The van der Waals surface area contributed by atoms with Crippen LogP contribution < -0.4 is 5.32 Å². The van der Waals surface area contributed by atoms with Crippen molar-refractivity contribution >= 4 is 34.9 Å². The van der Waals surface area contributed by atoms with E-state index >= 15 is 0 Å². The summed E-state index contributed by atoms with van der Waals surface area (Å²) in [7, 11) is 0. The molecule has 1 aromatic carbocycles. The summed E-state index contributed by atoms with van der Waals surface area (Å²) in [5.74, 6) is -0.925. The molecule has 0 atom stereocenters. The van der Waals surface area contributed by atoms with Gasteiger partial charge in [0.15, 0.2) is 11.5 Å². The molecule has 1 aliphatic rings. The number of imide groups is 1. The van der Waals surface area contributed by atoms with Crippen molar-refractivity contribution in [2.24, 2.45) is 0 Å². The predicted octanol–water partition coefficient (Wildman–Crippen LogP) is 3.28. The van der Waals surface area contributed by atoms with Crippen LogP contribution >= 0.6 is 11.8 Å². The number of nitrogens with zero attached hydrogens (tertiary/aromatic N) is 2. The summed E-state index contributed by atoms with van der Waals surface area (Å²) in [6, 6.07) is 10.9. The highest BCUT2D eigenvalue weighted by molar-refractivity contribution is 8.18. The average molecular weight is 426 g/mol. The summed E-state index contributed by atoms with van der Waals surface area (Å²) in [5, 5.41) is 8.77. The van der Waals surface area contributed by atoms with E-state index in [1.165, 1.54) is 36.6 Å². The molecule has 4 rings (SSSR count). The van der Waals surface area contributed by atoms with Crippen LogP contribution in [0.15, 0.2) is 58.1 Å². The number of amides is 3. The van der Waals surface area contributed by atoms with Crippen molar-refractivity contribution in [2.75, 3.05) is 13.1 Å². The highest BCUT2D eigenvalue weighted by atomic mass is 32.2. The monoisotopic (exact) mass is 426 g/mol. The Morgan fingerprint density at radius 1 is 1.27 bits per heavy atom. The number of hydrogen-bond acceptors (Lipinski definition) is 6. The summed E-state index contributed by atoms with van der Waals surface area (Å²) in [6.07, 6.45) is 2.85. The van der Waals surface area contributed by atoms with Gasteiger partial charge in [0, 0.05) is 24.7 Å². The Bertz CT molecular complexity index is 1140. The van der Waals surface area contributed by atoms with Gasteiger partial charge >= 0.3 is 0 Å². The molecule has 3 heterocycles. The first-order valence-corrected chi connectivity index (χ1v) is 9.72. The standard InChI is InChI=1S/C20H15FN4O4S/c21-13-5-2-1-4-12(13)10-17-19(27)25(20(28)30-17)8-7-22-18(26)15-11-14(23-24-15)16-6-3-9-29-16/h1-6,9-11H,7-8H2,(H,22,26)(H,23,24)/b17-10-. The fourth-order valence-corrected chi connectivity index (χ4v) is 3.65. The molecule has 2 N–H and O–H groups in total. The number of furan rings is 1. The molecule has 0 bridgehead atoms. The molecule has 1 fully saturated rings. The molecular weight excluding hydrogens is 411 g/mol. The van der Waals surface area contributed by atoms with Gasteiger partial charge in [-0.1, -0.05) is 18.2 Å². The molecule has 1 aliphatic heterocycles. The van der Waals surface area contributed by atoms with Gasteiger partial charge in [-0.3, -0.25) is 24.4 Å². The van der Waals surface area contributed by atoms with Crippen molar-refractivity contribution in [3.8, 4) is 11.5 Å². The zero-order chi connectivity index (χ0) is 21.1. The molecule has 0 unspecified atom stereocenters. The van der Waals surface area contributed by atoms with Gasteiger partial charge in [0.05, 0.1) is 11.2 Å². The maximum atomic E-state index is 13.8. The maximum Gasteiger partial charge on any atom is 0.293 e.